The molecule has 0 spiro atoms. The number of rotatable bonds is 3. The van der Waals surface area contributed by atoms with Gasteiger partial charge >= 0.3 is 29.6 Å². The molecule has 1 saturated heterocycles. The molecule has 7 heteroatoms. The van der Waals surface area contributed by atoms with Crippen LogP contribution in [0.5, 0.6) is 0 Å². The van der Waals surface area contributed by atoms with E-state index in [4.69, 9.17) is 14.0 Å². The first-order valence-electron chi connectivity index (χ1n) is 5.03. The Balaban J connectivity index is 0.00000128. The molecule has 0 aromatic rings. The standard InChI is InChI=1S/C9H16O5S.Na.H/c1-8(2)13-6-7(14-8)5-9(3-4-9)15(10,11)12;;/h7H,3-6H2,1-2H3,(H,10,11,12);;/q;+1;-1. The SMILES string of the molecule is CC1(C)OCC(CC2(S(=O)(=O)O)CC2)O1.[H-].[Na+]. The van der Waals surface area contributed by atoms with Crippen LogP contribution in [-0.4, -0.2) is 36.2 Å². The molecule has 2 rings (SSSR count). The minimum absolute atomic E-state index is 0. The van der Waals surface area contributed by atoms with E-state index < -0.39 is 20.7 Å². The molecule has 1 aliphatic carbocycles. The van der Waals surface area contributed by atoms with Gasteiger partial charge in [0, 0.05) is 0 Å². The van der Waals surface area contributed by atoms with E-state index in [9.17, 15) is 8.42 Å². The molecule has 16 heavy (non-hydrogen) atoms. The van der Waals surface area contributed by atoms with Crippen LogP contribution in [0.25, 0.3) is 0 Å². The van der Waals surface area contributed by atoms with Crippen LogP contribution in [0.3, 0.4) is 0 Å². The first kappa shape index (κ1) is 14.9. The largest absolute Gasteiger partial charge is 1.00 e. The van der Waals surface area contributed by atoms with Gasteiger partial charge in [-0.05, 0) is 33.1 Å². The molecule has 90 valence electrons. The molecule has 1 heterocycles. The van der Waals surface area contributed by atoms with Gasteiger partial charge in [-0.3, -0.25) is 4.55 Å². The third-order valence-electron chi connectivity index (χ3n) is 3.02. The van der Waals surface area contributed by atoms with Crippen LogP contribution in [0.1, 0.15) is 34.5 Å². The summed E-state index contributed by atoms with van der Waals surface area (Å²) < 4.78 is 41.2. The Labute approximate surface area is 119 Å². The Morgan fingerprint density at radius 1 is 1.44 bits per heavy atom. The molecule has 0 aromatic heterocycles. The average molecular weight is 260 g/mol. The summed E-state index contributed by atoms with van der Waals surface area (Å²) in [5.74, 6) is -0.639. The molecule has 5 nitrogen and oxygen atoms in total. The van der Waals surface area contributed by atoms with Crippen molar-refractivity contribution in [2.24, 2.45) is 0 Å². The van der Waals surface area contributed by atoms with Crippen LogP contribution in [0.2, 0.25) is 0 Å². The van der Waals surface area contributed by atoms with Crippen molar-refractivity contribution in [3.05, 3.63) is 0 Å². The number of hydrogen-bond acceptors (Lipinski definition) is 4. The van der Waals surface area contributed by atoms with E-state index in [1.807, 2.05) is 0 Å². The fraction of sp³-hybridized carbons (Fsp3) is 1.00. The summed E-state index contributed by atoms with van der Waals surface area (Å²) in [6.07, 6.45) is 1.14. The molecule has 2 aliphatic rings. The van der Waals surface area contributed by atoms with Gasteiger partial charge in [0.05, 0.1) is 12.7 Å². The van der Waals surface area contributed by atoms with Crippen molar-refractivity contribution in [1.82, 2.24) is 0 Å². The molecule has 1 aliphatic heterocycles. The van der Waals surface area contributed by atoms with Crippen LogP contribution in [0.4, 0.5) is 0 Å². The Morgan fingerprint density at radius 3 is 2.31 bits per heavy atom. The molecule has 0 radical (unpaired) electrons. The van der Waals surface area contributed by atoms with E-state index in [1.54, 1.807) is 13.8 Å². The van der Waals surface area contributed by atoms with Crippen molar-refractivity contribution in [3.63, 3.8) is 0 Å². The second-order valence-electron chi connectivity index (χ2n) is 4.81. The van der Waals surface area contributed by atoms with Gasteiger partial charge in [-0.2, -0.15) is 8.42 Å². The summed E-state index contributed by atoms with van der Waals surface area (Å²) in [6.45, 7) is 3.98. The maximum atomic E-state index is 11.1. The van der Waals surface area contributed by atoms with Crippen LogP contribution in [0.15, 0.2) is 0 Å². The van der Waals surface area contributed by atoms with E-state index >= 15 is 0 Å². The maximum Gasteiger partial charge on any atom is 1.00 e. The topological polar surface area (TPSA) is 72.8 Å². The van der Waals surface area contributed by atoms with Gasteiger partial charge in [-0.25, -0.2) is 0 Å². The smallest absolute Gasteiger partial charge is 1.00 e. The van der Waals surface area contributed by atoms with Gasteiger partial charge in [0.25, 0.3) is 10.1 Å². The van der Waals surface area contributed by atoms with Gasteiger partial charge in [0.15, 0.2) is 5.79 Å². The molecule has 0 amide bonds. The minimum Gasteiger partial charge on any atom is -1.00 e. The van der Waals surface area contributed by atoms with Crippen LogP contribution in [-0.2, 0) is 19.6 Å². The van der Waals surface area contributed by atoms with Gasteiger partial charge in [0.2, 0.25) is 0 Å². The van der Waals surface area contributed by atoms with Gasteiger partial charge in [-0.15, -0.1) is 0 Å². The Hall–Kier alpha value is 0.830. The second-order valence-corrected chi connectivity index (χ2v) is 6.63. The molecular weight excluding hydrogens is 243 g/mol. The van der Waals surface area contributed by atoms with Crippen molar-refractivity contribution in [1.29, 1.82) is 0 Å². The van der Waals surface area contributed by atoms with Gasteiger partial charge in [0.1, 0.15) is 4.75 Å². The van der Waals surface area contributed by atoms with Crippen molar-refractivity contribution in [2.75, 3.05) is 6.61 Å². The number of hydrogen-bond donors (Lipinski definition) is 1. The Kier molecular flexibility index (Phi) is 4.18. The van der Waals surface area contributed by atoms with Crippen molar-refractivity contribution < 1.29 is 53.4 Å². The summed E-state index contributed by atoms with van der Waals surface area (Å²) in [4.78, 5) is 0. The maximum absolute atomic E-state index is 11.1. The van der Waals surface area contributed by atoms with Crippen molar-refractivity contribution in [3.8, 4) is 0 Å². The third kappa shape index (κ3) is 2.98. The zero-order chi connectivity index (χ0) is 11.3. The summed E-state index contributed by atoms with van der Waals surface area (Å²) in [7, 11) is -3.95. The van der Waals surface area contributed by atoms with Gasteiger partial charge < -0.3 is 10.9 Å². The van der Waals surface area contributed by atoms with Crippen LogP contribution < -0.4 is 29.6 Å². The zero-order valence-electron chi connectivity index (χ0n) is 10.9. The van der Waals surface area contributed by atoms with E-state index in [2.05, 4.69) is 0 Å². The van der Waals surface area contributed by atoms with Crippen molar-refractivity contribution in [2.45, 2.75) is 49.7 Å². The summed E-state index contributed by atoms with van der Waals surface area (Å²) in [5.41, 5.74) is 0. The molecule has 1 unspecified atom stereocenters. The van der Waals surface area contributed by atoms with E-state index in [0.717, 1.165) is 0 Å². The molecule has 1 N–H and O–H groups in total. The second kappa shape index (κ2) is 4.50. The average Bonchev–Trinajstić information content (AvgIpc) is 2.73. The van der Waals surface area contributed by atoms with Gasteiger partial charge in [-0.1, -0.05) is 0 Å². The molecule has 2 fully saturated rings. The monoisotopic (exact) mass is 260 g/mol. The molecule has 0 bridgehead atoms. The Bertz CT molecular complexity index is 366. The molecule has 0 aromatic carbocycles. The van der Waals surface area contributed by atoms with E-state index in [1.165, 1.54) is 0 Å². The predicted octanol–water partition coefficient (Wildman–Crippen LogP) is -1.94. The van der Waals surface area contributed by atoms with Crippen molar-refractivity contribution >= 4 is 10.1 Å². The first-order valence-corrected chi connectivity index (χ1v) is 6.47. The first-order chi connectivity index (χ1) is 6.74. The quantitative estimate of drug-likeness (QED) is 0.472. The fourth-order valence-electron chi connectivity index (χ4n) is 1.99. The van der Waals surface area contributed by atoms with E-state index in [0.29, 0.717) is 25.9 Å². The Morgan fingerprint density at radius 2 is 2.00 bits per heavy atom. The van der Waals surface area contributed by atoms with E-state index in [-0.39, 0.29) is 37.1 Å². The summed E-state index contributed by atoms with van der Waals surface area (Å²) >= 11 is 0. The van der Waals surface area contributed by atoms with Crippen LogP contribution in [0, 0.1) is 0 Å². The number of ether oxygens (including phenoxy) is 2. The zero-order valence-corrected chi connectivity index (χ0v) is 12.7. The molecule has 1 saturated carbocycles. The molecule has 1 atom stereocenters. The molecular formula is C9H17NaO5S. The third-order valence-corrected chi connectivity index (χ3v) is 4.69. The fourth-order valence-corrected chi connectivity index (χ4v) is 3.00. The minimum atomic E-state index is -3.95. The predicted molar refractivity (Wildman–Crippen MR) is 54.1 cm³/mol. The normalized spacial score (nSPS) is 30.8. The summed E-state index contributed by atoms with van der Waals surface area (Å²) in [5, 5.41) is 0. The summed E-state index contributed by atoms with van der Waals surface area (Å²) in [6, 6.07) is 0. The van der Waals surface area contributed by atoms with Crippen LogP contribution >= 0.6 is 0 Å².